The van der Waals surface area contributed by atoms with Crippen LogP contribution in [-0.2, 0) is 11.3 Å². The van der Waals surface area contributed by atoms with E-state index in [1.54, 1.807) is 0 Å². The van der Waals surface area contributed by atoms with Gasteiger partial charge in [0.15, 0.2) is 5.03 Å². The maximum atomic E-state index is 11.3. The van der Waals surface area contributed by atoms with Gasteiger partial charge in [-0.2, -0.15) is 0 Å². The smallest absolute Gasteiger partial charge is 0.328 e. The van der Waals surface area contributed by atoms with Crippen molar-refractivity contribution < 1.29 is 14.8 Å². The van der Waals surface area contributed by atoms with Crippen LogP contribution in [0.3, 0.4) is 0 Å². The fourth-order valence-electron chi connectivity index (χ4n) is 3.02. The van der Waals surface area contributed by atoms with E-state index in [4.69, 9.17) is 11.6 Å². The third-order valence-corrected chi connectivity index (χ3v) is 7.55. The molecule has 0 radical (unpaired) electrons. The van der Waals surface area contributed by atoms with Crippen molar-refractivity contribution in [2.75, 3.05) is 13.1 Å². The van der Waals surface area contributed by atoms with Crippen LogP contribution in [0.4, 0.5) is 5.69 Å². The fraction of sp³-hybridized carbons (Fsp3) is 0.263. The molecule has 1 fully saturated rings. The monoisotopic (exact) mass is 451 g/mol. The molecule has 2 aromatic rings. The summed E-state index contributed by atoms with van der Waals surface area (Å²) in [5.41, 5.74) is 1.71. The lowest BCUT2D eigenvalue weighted by Gasteiger charge is -2.33. The molecule has 0 aliphatic carbocycles. The van der Waals surface area contributed by atoms with Crippen molar-refractivity contribution in [2.24, 2.45) is 0 Å². The van der Waals surface area contributed by atoms with Gasteiger partial charge in [0.2, 0.25) is 0 Å². The van der Waals surface area contributed by atoms with Crippen LogP contribution in [0, 0.1) is 10.1 Å². The molecule has 152 valence electrons. The summed E-state index contributed by atoms with van der Waals surface area (Å²) in [5, 5.41) is 21.4. The van der Waals surface area contributed by atoms with Gasteiger partial charge in [-0.15, -0.1) is 0 Å². The van der Waals surface area contributed by atoms with Crippen LogP contribution in [0.15, 0.2) is 59.3 Å². The summed E-state index contributed by atoms with van der Waals surface area (Å²) in [6, 6.07) is 10.5. The molecule has 1 unspecified atom stereocenters. The largest absolute Gasteiger partial charge is 0.478 e. The predicted octanol–water partition coefficient (Wildman–Crippen LogP) is 4.67. The third kappa shape index (κ3) is 5.96. The van der Waals surface area contributed by atoms with Gasteiger partial charge < -0.3 is 5.11 Å². The van der Waals surface area contributed by atoms with Crippen LogP contribution in [0.1, 0.15) is 12.0 Å². The molecule has 10 heteroatoms. The SMILES string of the molecule is O=C(O)C=C1CN(Cc2ccccc2Cl)CCC1SSc1ncccc1[N+](=O)[O-]. The minimum atomic E-state index is -1.00. The van der Waals surface area contributed by atoms with Crippen LogP contribution in [0.2, 0.25) is 5.02 Å². The standard InChI is InChI=1S/C19H18ClN3O4S2/c20-15-5-2-1-4-13(15)11-22-9-7-17(14(12-22)10-18(24)25)28-29-19-16(23(26)27)6-3-8-21-19/h1-6,8,10,17H,7,9,11-12H2,(H,24,25). The average Bonchev–Trinajstić information content (AvgIpc) is 2.69. The summed E-state index contributed by atoms with van der Waals surface area (Å²) in [7, 11) is 2.62. The number of nitrogens with zero attached hydrogens (tertiary/aromatic N) is 3. The number of hydrogen-bond donors (Lipinski definition) is 1. The van der Waals surface area contributed by atoms with Crippen molar-refractivity contribution in [3.8, 4) is 0 Å². The molecule has 1 aliphatic rings. The molecule has 2 heterocycles. The highest BCUT2D eigenvalue weighted by atomic mass is 35.5. The molecule has 1 N–H and O–H groups in total. The van der Waals surface area contributed by atoms with Crippen molar-refractivity contribution in [1.29, 1.82) is 0 Å². The number of likely N-dealkylation sites (tertiary alicyclic amines) is 1. The molecule has 1 atom stereocenters. The van der Waals surface area contributed by atoms with Crippen molar-refractivity contribution in [2.45, 2.75) is 23.2 Å². The fourth-order valence-corrected chi connectivity index (χ4v) is 5.89. The number of hydrogen-bond acceptors (Lipinski definition) is 7. The van der Waals surface area contributed by atoms with Gasteiger partial charge in [-0.25, -0.2) is 9.78 Å². The van der Waals surface area contributed by atoms with Gasteiger partial charge >= 0.3 is 11.7 Å². The molecule has 7 nitrogen and oxygen atoms in total. The molecule has 29 heavy (non-hydrogen) atoms. The number of benzene rings is 1. The zero-order valence-electron chi connectivity index (χ0n) is 15.2. The van der Waals surface area contributed by atoms with Crippen molar-refractivity contribution in [3.63, 3.8) is 0 Å². The van der Waals surface area contributed by atoms with Crippen molar-refractivity contribution >= 4 is 44.8 Å². The Kier molecular flexibility index (Phi) is 7.54. The Bertz CT molecular complexity index is 941. The molecular weight excluding hydrogens is 434 g/mol. The van der Waals surface area contributed by atoms with E-state index in [1.807, 2.05) is 24.3 Å². The van der Waals surface area contributed by atoms with Crippen LogP contribution >= 0.6 is 33.2 Å². The molecular formula is C19H18ClN3O4S2. The molecule has 1 aliphatic heterocycles. The van der Waals surface area contributed by atoms with E-state index in [9.17, 15) is 20.0 Å². The summed E-state index contributed by atoms with van der Waals surface area (Å²) >= 11 is 6.25. The van der Waals surface area contributed by atoms with Crippen LogP contribution in [-0.4, -0.2) is 44.2 Å². The zero-order valence-corrected chi connectivity index (χ0v) is 17.6. The van der Waals surface area contributed by atoms with Crippen molar-refractivity contribution in [3.05, 3.63) is 74.9 Å². The lowest BCUT2D eigenvalue weighted by atomic mass is 10.0. The van der Waals surface area contributed by atoms with Gasteiger partial charge in [0.05, 0.1) is 4.92 Å². The summed E-state index contributed by atoms with van der Waals surface area (Å²) in [4.78, 5) is 28.3. The summed E-state index contributed by atoms with van der Waals surface area (Å²) in [6.07, 6.45) is 3.47. The number of carboxylic acids is 1. The minimum absolute atomic E-state index is 0.0510. The van der Waals surface area contributed by atoms with E-state index in [1.165, 1.54) is 46.0 Å². The number of piperidine rings is 1. The molecule has 0 amide bonds. The second-order valence-electron chi connectivity index (χ2n) is 6.40. The molecule has 3 rings (SSSR count). The third-order valence-electron chi connectivity index (χ3n) is 4.38. The average molecular weight is 452 g/mol. The normalized spacial score (nSPS) is 18.7. The molecule has 0 saturated carbocycles. The van der Waals surface area contributed by atoms with E-state index in [-0.39, 0.29) is 10.9 Å². The number of carboxylic acid groups (broad SMARTS) is 1. The highest BCUT2D eigenvalue weighted by Crippen LogP contribution is 2.42. The van der Waals surface area contributed by atoms with E-state index >= 15 is 0 Å². The first-order valence-corrected chi connectivity index (χ1v) is 11.3. The maximum absolute atomic E-state index is 11.3. The second kappa shape index (κ2) is 10.1. The van der Waals surface area contributed by atoms with Gasteiger partial charge in [0, 0.05) is 48.2 Å². The first-order valence-electron chi connectivity index (χ1n) is 8.76. The first-order chi connectivity index (χ1) is 13.9. The summed E-state index contributed by atoms with van der Waals surface area (Å²) in [6.45, 7) is 1.90. The van der Waals surface area contributed by atoms with Crippen LogP contribution in [0.25, 0.3) is 0 Å². The van der Waals surface area contributed by atoms with E-state index in [0.717, 1.165) is 24.1 Å². The maximum Gasteiger partial charge on any atom is 0.328 e. The van der Waals surface area contributed by atoms with Gasteiger partial charge in [0.25, 0.3) is 0 Å². The second-order valence-corrected chi connectivity index (χ2v) is 9.20. The lowest BCUT2D eigenvalue weighted by molar-refractivity contribution is -0.388. The van der Waals surface area contributed by atoms with E-state index in [2.05, 4.69) is 9.88 Å². The highest BCUT2D eigenvalue weighted by molar-refractivity contribution is 8.77. The van der Waals surface area contributed by atoms with Crippen LogP contribution < -0.4 is 0 Å². The van der Waals surface area contributed by atoms with Gasteiger partial charge in [-0.05, 0) is 40.5 Å². The Morgan fingerprint density at radius 1 is 1.38 bits per heavy atom. The predicted molar refractivity (Wildman–Crippen MR) is 115 cm³/mol. The summed E-state index contributed by atoms with van der Waals surface area (Å²) < 4.78 is 0. The van der Waals surface area contributed by atoms with Gasteiger partial charge in [-0.1, -0.05) is 40.6 Å². The number of pyridine rings is 1. The quantitative estimate of drug-likeness (QED) is 0.281. The summed E-state index contributed by atoms with van der Waals surface area (Å²) in [5.74, 6) is -1.00. The number of nitro groups is 1. The first kappa shape index (κ1) is 21.6. The van der Waals surface area contributed by atoms with E-state index in [0.29, 0.717) is 23.1 Å². The molecule has 1 saturated heterocycles. The molecule has 0 spiro atoms. The number of halogens is 1. The zero-order chi connectivity index (χ0) is 20.8. The minimum Gasteiger partial charge on any atom is -0.478 e. The van der Waals surface area contributed by atoms with Crippen LogP contribution in [0.5, 0.6) is 0 Å². The Morgan fingerprint density at radius 2 is 2.17 bits per heavy atom. The van der Waals surface area contributed by atoms with Gasteiger partial charge in [-0.3, -0.25) is 15.0 Å². The Hall–Kier alpha value is -2.07. The van der Waals surface area contributed by atoms with Gasteiger partial charge in [0.1, 0.15) is 0 Å². The Labute approximate surface area is 180 Å². The van der Waals surface area contributed by atoms with Crippen molar-refractivity contribution in [1.82, 2.24) is 9.88 Å². The molecule has 1 aromatic carbocycles. The number of rotatable bonds is 7. The topological polar surface area (TPSA) is 96.6 Å². The van der Waals surface area contributed by atoms with E-state index < -0.39 is 10.9 Å². The number of aliphatic carboxylic acids is 1. The Balaban J connectivity index is 1.69. The molecule has 1 aromatic heterocycles. The molecule has 0 bridgehead atoms. The Morgan fingerprint density at radius 3 is 2.90 bits per heavy atom. The number of aromatic nitrogens is 1. The number of carbonyl (C=O) groups is 1. The lowest BCUT2D eigenvalue weighted by Crippen LogP contribution is -2.36. The highest BCUT2D eigenvalue weighted by Gasteiger charge is 2.27.